The maximum atomic E-state index is 12.8. The molecule has 1 amide bonds. The topological polar surface area (TPSA) is 109 Å². The summed E-state index contributed by atoms with van der Waals surface area (Å²) in [4.78, 5) is 36.6. The molecule has 6 nitrogen and oxygen atoms in total. The average molecular weight is 318 g/mol. The number of hydrogen-bond donors (Lipinski definition) is 3. The van der Waals surface area contributed by atoms with Crippen molar-refractivity contribution in [1.29, 1.82) is 0 Å². The molecule has 0 radical (unpaired) electrons. The summed E-state index contributed by atoms with van der Waals surface area (Å²) >= 11 is 0. The molecule has 1 aromatic carbocycles. The van der Waals surface area contributed by atoms with E-state index >= 15 is 0 Å². The fourth-order valence-electron chi connectivity index (χ4n) is 2.26. The number of carboxylic acid groups (broad SMARTS) is 1. The number of Topliss-reactive ketones (excluding diaryl/α,β-unsaturated/α-hetero) is 1. The lowest BCUT2D eigenvalue weighted by molar-refractivity contribution is -0.145. The lowest BCUT2D eigenvalue weighted by atomic mass is 9.84. The van der Waals surface area contributed by atoms with E-state index in [2.05, 4.69) is 5.32 Å². The van der Waals surface area contributed by atoms with Crippen LogP contribution >= 0.6 is 0 Å². The molecule has 1 rings (SSSR count). The second-order valence-electron chi connectivity index (χ2n) is 5.14. The van der Waals surface area contributed by atoms with Gasteiger partial charge in [-0.2, -0.15) is 0 Å². The summed E-state index contributed by atoms with van der Waals surface area (Å²) in [7, 11) is 0. The predicted molar refractivity (Wildman–Crippen MR) is 87.0 cm³/mol. The number of unbranched alkanes of at least 4 members (excludes halogenated alkanes) is 1. The number of nitrogens with one attached hydrogen (secondary N) is 1. The third-order valence-corrected chi connectivity index (χ3v) is 3.45. The number of carbonyl (C=O) groups excluding carboxylic acids is 2. The molecule has 0 saturated carbocycles. The van der Waals surface area contributed by atoms with Gasteiger partial charge in [0.1, 0.15) is 0 Å². The number of rotatable bonds is 9. The van der Waals surface area contributed by atoms with Gasteiger partial charge in [0.15, 0.2) is 5.78 Å². The molecular weight excluding hydrogens is 296 g/mol. The van der Waals surface area contributed by atoms with Crippen molar-refractivity contribution in [3.05, 3.63) is 48.0 Å². The van der Waals surface area contributed by atoms with Gasteiger partial charge in [-0.05, 0) is 38.8 Å². The summed E-state index contributed by atoms with van der Waals surface area (Å²) in [5.41, 5.74) is 3.69. The zero-order chi connectivity index (χ0) is 17.3. The lowest BCUT2D eigenvalue weighted by Crippen LogP contribution is -2.60. The average Bonchev–Trinajstić information content (AvgIpc) is 2.54. The van der Waals surface area contributed by atoms with Gasteiger partial charge in [0.2, 0.25) is 11.4 Å². The van der Waals surface area contributed by atoms with E-state index in [0.29, 0.717) is 19.4 Å². The van der Waals surface area contributed by atoms with Gasteiger partial charge in [-0.1, -0.05) is 36.4 Å². The third-order valence-electron chi connectivity index (χ3n) is 3.45. The number of amides is 1. The maximum Gasteiger partial charge on any atom is 0.337 e. The highest BCUT2D eigenvalue weighted by Crippen LogP contribution is 2.21. The second-order valence-corrected chi connectivity index (χ2v) is 5.14. The molecule has 0 heterocycles. The number of benzene rings is 1. The van der Waals surface area contributed by atoms with Crippen LogP contribution in [0.2, 0.25) is 0 Å². The Morgan fingerprint density at radius 2 is 1.87 bits per heavy atom. The Labute approximate surface area is 135 Å². The Bertz CT molecular complexity index is 584. The van der Waals surface area contributed by atoms with E-state index < -0.39 is 23.2 Å². The van der Waals surface area contributed by atoms with Gasteiger partial charge in [-0.25, -0.2) is 4.79 Å². The van der Waals surface area contributed by atoms with E-state index in [9.17, 15) is 19.5 Å². The van der Waals surface area contributed by atoms with E-state index in [1.54, 1.807) is 25.1 Å². The normalized spacial score (nSPS) is 13.5. The Balaban J connectivity index is 3.22. The zero-order valence-corrected chi connectivity index (χ0v) is 13.1. The Kier molecular flexibility index (Phi) is 7.15. The quantitative estimate of drug-likeness (QED) is 0.277. The highest BCUT2D eigenvalue weighted by molar-refractivity contribution is 6.18. The van der Waals surface area contributed by atoms with Crippen LogP contribution in [0, 0.1) is 0 Å². The first-order chi connectivity index (χ1) is 11.0. The number of allylic oxidation sites excluding steroid dienone is 1. The fraction of sp³-hybridized carbons (Fsp3) is 0.353. The van der Waals surface area contributed by atoms with Crippen LogP contribution < -0.4 is 11.1 Å². The van der Waals surface area contributed by atoms with Crippen LogP contribution in [0.1, 0.15) is 36.5 Å². The summed E-state index contributed by atoms with van der Waals surface area (Å²) < 4.78 is 0. The number of ketones is 1. The highest BCUT2D eigenvalue weighted by Gasteiger charge is 2.46. The van der Waals surface area contributed by atoms with Crippen molar-refractivity contribution in [1.82, 2.24) is 5.32 Å². The summed E-state index contributed by atoms with van der Waals surface area (Å²) in [6.45, 7) is 2.02. The fourth-order valence-corrected chi connectivity index (χ4v) is 2.26. The van der Waals surface area contributed by atoms with Crippen LogP contribution in [-0.4, -0.2) is 34.8 Å². The first kappa shape index (κ1) is 18.6. The summed E-state index contributed by atoms with van der Waals surface area (Å²) in [6, 6.07) is 8.09. The molecule has 1 aromatic rings. The molecule has 0 fully saturated rings. The third kappa shape index (κ3) is 4.75. The second kappa shape index (κ2) is 8.85. The van der Waals surface area contributed by atoms with Gasteiger partial charge in [0.25, 0.3) is 0 Å². The standard InChI is InChI=1S/C17H22N2O4/c1-2-8-14(20)19-17(16(22)23,11-6-7-12-18)15(21)13-9-4-3-5-10-13/h2-5,8-10H,6-7,11-12,18H2,1H3,(H,19,20)(H,22,23)/t17-/m1/s1. The molecule has 124 valence electrons. The van der Waals surface area contributed by atoms with Crippen molar-refractivity contribution >= 4 is 17.7 Å². The van der Waals surface area contributed by atoms with Crippen LogP contribution in [0.4, 0.5) is 0 Å². The molecule has 4 N–H and O–H groups in total. The molecule has 0 aromatic heterocycles. The van der Waals surface area contributed by atoms with Gasteiger partial charge in [-0.3, -0.25) is 9.59 Å². The van der Waals surface area contributed by atoms with Crippen molar-refractivity contribution in [2.75, 3.05) is 6.54 Å². The molecule has 1 atom stereocenters. The van der Waals surface area contributed by atoms with Crippen molar-refractivity contribution in [3.63, 3.8) is 0 Å². The van der Waals surface area contributed by atoms with E-state index in [1.165, 1.54) is 24.3 Å². The summed E-state index contributed by atoms with van der Waals surface area (Å²) in [6.07, 6.45) is 3.64. The van der Waals surface area contributed by atoms with Crippen molar-refractivity contribution < 1.29 is 19.5 Å². The Morgan fingerprint density at radius 3 is 2.39 bits per heavy atom. The summed E-state index contributed by atoms with van der Waals surface area (Å²) in [5, 5.41) is 12.1. The number of hydrogen-bond acceptors (Lipinski definition) is 4. The first-order valence-electron chi connectivity index (χ1n) is 7.46. The van der Waals surface area contributed by atoms with Gasteiger partial charge < -0.3 is 16.2 Å². The maximum absolute atomic E-state index is 12.8. The number of carbonyl (C=O) groups is 3. The van der Waals surface area contributed by atoms with E-state index in [4.69, 9.17) is 5.73 Å². The smallest absolute Gasteiger partial charge is 0.337 e. The molecule has 0 aliphatic carbocycles. The predicted octanol–water partition coefficient (Wildman–Crippen LogP) is 1.51. The van der Waals surface area contributed by atoms with Gasteiger partial charge in [0, 0.05) is 5.56 Å². The molecule has 0 spiro atoms. The molecule has 0 saturated heterocycles. The Morgan fingerprint density at radius 1 is 1.22 bits per heavy atom. The van der Waals surface area contributed by atoms with Crippen LogP contribution in [0.25, 0.3) is 0 Å². The minimum absolute atomic E-state index is 0.0173. The Hall–Kier alpha value is -2.47. The number of nitrogens with two attached hydrogens (primary N) is 1. The van der Waals surface area contributed by atoms with Crippen molar-refractivity contribution in [3.8, 4) is 0 Å². The van der Waals surface area contributed by atoms with E-state index in [1.807, 2.05) is 0 Å². The molecular formula is C17H22N2O4. The van der Waals surface area contributed by atoms with Gasteiger partial charge in [-0.15, -0.1) is 0 Å². The first-order valence-corrected chi connectivity index (χ1v) is 7.46. The monoisotopic (exact) mass is 318 g/mol. The van der Waals surface area contributed by atoms with Crippen LogP contribution in [0.3, 0.4) is 0 Å². The van der Waals surface area contributed by atoms with E-state index in [0.717, 1.165) is 0 Å². The minimum atomic E-state index is -1.99. The van der Waals surface area contributed by atoms with Crippen molar-refractivity contribution in [2.24, 2.45) is 5.73 Å². The van der Waals surface area contributed by atoms with Crippen LogP contribution in [0.5, 0.6) is 0 Å². The van der Waals surface area contributed by atoms with E-state index in [-0.39, 0.29) is 12.0 Å². The summed E-state index contributed by atoms with van der Waals surface area (Å²) in [5.74, 6) is -2.63. The molecule has 23 heavy (non-hydrogen) atoms. The molecule has 0 aliphatic heterocycles. The number of carboxylic acids is 1. The molecule has 6 heteroatoms. The number of aliphatic carboxylic acids is 1. The van der Waals surface area contributed by atoms with Crippen LogP contribution in [-0.2, 0) is 9.59 Å². The molecule has 0 unspecified atom stereocenters. The van der Waals surface area contributed by atoms with Gasteiger partial charge >= 0.3 is 5.97 Å². The minimum Gasteiger partial charge on any atom is -0.479 e. The highest BCUT2D eigenvalue weighted by atomic mass is 16.4. The van der Waals surface area contributed by atoms with Gasteiger partial charge in [0.05, 0.1) is 0 Å². The largest absolute Gasteiger partial charge is 0.479 e. The van der Waals surface area contributed by atoms with Crippen LogP contribution in [0.15, 0.2) is 42.5 Å². The zero-order valence-electron chi connectivity index (χ0n) is 13.1. The molecule has 0 bridgehead atoms. The lowest BCUT2D eigenvalue weighted by Gasteiger charge is -2.29. The SMILES string of the molecule is CC=CC(=O)N[C@@](CCCCN)(C(=O)O)C(=O)c1ccccc1. The van der Waals surface area contributed by atoms with Crippen molar-refractivity contribution in [2.45, 2.75) is 31.7 Å². The molecule has 0 aliphatic rings.